The molecule has 1 amide bonds. The number of carbonyl (C=O) groups excluding carboxylic acids is 1. The number of carbonyl (C=O) groups is 1. The van der Waals surface area contributed by atoms with E-state index in [9.17, 15) is 4.79 Å². The molecule has 0 aromatic heterocycles. The Labute approximate surface area is 173 Å². The predicted octanol–water partition coefficient (Wildman–Crippen LogP) is 4.00. The molecule has 0 bridgehead atoms. The van der Waals surface area contributed by atoms with Gasteiger partial charge in [0.15, 0.2) is 0 Å². The third-order valence-corrected chi connectivity index (χ3v) is 5.97. The fraction of sp³-hybridized carbons (Fsp3) is 0.435. The number of nitrogens with one attached hydrogen (secondary N) is 1. The molecule has 1 aliphatic heterocycles. The Hall–Kier alpha value is -1.82. The maximum absolute atomic E-state index is 12.6. The summed E-state index contributed by atoms with van der Waals surface area (Å²) in [7, 11) is 0. The van der Waals surface area contributed by atoms with E-state index >= 15 is 0 Å². The number of anilines is 1. The monoisotopic (exact) mass is 397 g/mol. The smallest absolute Gasteiger partial charge is 0.238 e. The zero-order valence-corrected chi connectivity index (χ0v) is 17.8. The summed E-state index contributed by atoms with van der Waals surface area (Å²) in [6.45, 7) is 9.48. The van der Waals surface area contributed by atoms with Crippen LogP contribution in [0.1, 0.15) is 23.6 Å². The first kappa shape index (κ1) is 20.9. The first-order valence-electron chi connectivity index (χ1n) is 10.1. The second-order valence-electron chi connectivity index (χ2n) is 7.43. The largest absolute Gasteiger partial charge is 0.325 e. The average molecular weight is 398 g/mol. The van der Waals surface area contributed by atoms with E-state index < -0.39 is 0 Å². The Balaban J connectivity index is 1.53. The molecule has 5 heteroatoms. The minimum Gasteiger partial charge on any atom is -0.325 e. The highest BCUT2D eigenvalue weighted by atomic mass is 32.2. The van der Waals surface area contributed by atoms with E-state index in [4.69, 9.17) is 0 Å². The quantitative estimate of drug-likeness (QED) is 0.730. The Bertz CT molecular complexity index is 774. The minimum absolute atomic E-state index is 0.0426. The average Bonchev–Trinajstić information content (AvgIpc) is 2.68. The van der Waals surface area contributed by atoms with Crippen LogP contribution in [0.3, 0.4) is 0 Å². The van der Waals surface area contributed by atoms with Crippen molar-refractivity contribution in [1.29, 1.82) is 0 Å². The summed E-state index contributed by atoms with van der Waals surface area (Å²) >= 11 is 2.03. The van der Waals surface area contributed by atoms with Gasteiger partial charge in [0, 0.05) is 43.4 Å². The van der Waals surface area contributed by atoms with Crippen LogP contribution in [0.2, 0.25) is 0 Å². The normalized spacial score (nSPS) is 15.0. The summed E-state index contributed by atoms with van der Waals surface area (Å²) in [5.74, 6) is 2.47. The highest BCUT2D eigenvalue weighted by Gasteiger charge is 2.13. The van der Waals surface area contributed by atoms with Gasteiger partial charge in [0.2, 0.25) is 5.91 Å². The van der Waals surface area contributed by atoms with Gasteiger partial charge in [-0.3, -0.25) is 14.6 Å². The van der Waals surface area contributed by atoms with Crippen LogP contribution in [0.25, 0.3) is 0 Å². The fourth-order valence-corrected chi connectivity index (χ4v) is 4.50. The number of likely N-dealkylation sites (N-methyl/N-ethyl adjacent to an activating group) is 1. The van der Waals surface area contributed by atoms with Gasteiger partial charge in [-0.15, -0.1) is 0 Å². The van der Waals surface area contributed by atoms with Crippen LogP contribution < -0.4 is 5.32 Å². The molecule has 2 aromatic carbocycles. The first-order chi connectivity index (χ1) is 13.6. The Kier molecular flexibility index (Phi) is 7.95. The third kappa shape index (κ3) is 6.66. The molecule has 150 valence electrons. The predicted molar refractivity (Wildman–Crippen MR) is 120 cm³/mol. The second kappa shape index (κ2) is 10.6. The van der Waals surface area contributed by atoms with Crippen LogP contribution in [0, 0.1) is 6.92 Å². The lowest BCUT2D eigenvalue weighted by atomic mass is 10.1. The molecular weight excluding hydrogens is 366 g/mol. The van der Waals surface area contributed by atoms with E-state index in [1.54, 1.807) is 0 Å². The van der Waals surface area contributed by atoms with Crippen molar-refractivity contribution in [3.8, 4) is 0 Å². The van der Waals surface area contributed by atoms with Gasteiger partial charge in [-0.2, -0.15) is 11.8 Å². The molecule has 2 aromatic rings. The highest BCUT2D eigenvalue weighted by molar-refractivity contribution is 7.99. The number of amides is 1. The Morgan fingerprint density at radius 3 is 2.61 bits per heavy atom. The molecule has 0 saturated carbocycles. The van der Waals surface area contributed by atoms with Crippen molar-refractivity contribution in [2.24, 2.45) is 0 Å². The highest BCUT2D eigenvalue weighted by Crippen LogP contribution is 2.16. The molecule has 28 heavy (non-hydrogen) atoms. The summed E-state index contributed by atoms with van der Waals surface area (Å²) in [6, 6.07) is 16.7. The van der Waals surface area contributed by atoms with Crippen LogP contribution in [0.4, 0.5) is 5.69 Å². The standard InChI is InChI=1S/C23H31N3OS/c1-3-25(16-20-7-4-6-19(2)14-20)18-23(27)24-22-9-5-8-21(15-22)17-26-10-12-28-13-11-26/h4-9,14-15H,3,10-13,16-18H2,1-2H3,(H,24,27). The molecule has 1 heterocycles. The lowest BCUT2D eigenvalue weighted by Crippen LogP contribution is -2.33. The van der Waals surface area contributed by atoms with Gasteiger partial charge in [0.1, 0.15) is 0 Å². The van der Waals surface area contributed by atoms with Gasteiger partial charge in [0.05, 0.1) is 6.54 Å². The van der Waals surface area contributed by atoms with Crippen LogP contribution in [0.5, 0.6) is 0 Å². The van der Waals surface area contributed by atoms with E-state index in [0.29, 0.717) is 6.54 Å². The molecular formula is C23H31N3OS. The number of rotatable bonds is 8. The molecule has 1 saturated heterocycles. The van der Waals surface area contributed by atoms with E-state index in [1.165, 1.54) is 28.2 Å². The van der Waals surface area contributed by atoms with E-state index in [-0.39, 0.29) is 5.91 Å². The molecule has 3 rings (SSSR count). The SMILES string of the molecule is CCN(CC(=O)Nc1cccc(CN2CCSCC2)c1)Cc1cccc(C)c1. The lowest BCUT2D eigenvalue weighted by molar-refractivity contribution is -0.117. The maximum Gasteiger partial charge on any atom is 0.238 e. The van der Waals surface area contributed by atoms with Crippen molar-refractivity contribution in [3.05, 3.63) is 65.2 Å². The van der Waals surface area contributed by atoms with Crippen LogP contribution in [-0.2, 0) is 17.9 Å². The maximum atomic E-state index is 12.6. The number of thioether (sulfide) groups is 1. The number of nitrogens with zero attached hydrogens (tertiary/aromatic N) is 2. The summed E-state index contributed by atoms with van der Waals surface area (Å²) < 4.78 is 0. The molecule has 1 aliphatic rings. The van der Waals surface area contributed by atoms with Crippen molar-refractivity contribution in [3.63, 3.8) is 0 Å². The van der Waals surface area contributed by atoms with Crippen molar-refractivity contribution in [2.75, 3.05) is 43.0 Å². The Morgan fingerprint density at radius 1 is 1.11 bits per heavy atom. The Morgan fingerprint density at radius 2 is 1.86 bits per heavy atom. The number of hydrogen-bond donors (Lipinski definition) is 1. The van der Waals surface area contributed by atoms with Gasteiger partial charge in [0.25, 0.3) is 0 Å². The molecule has 0 unspecified atom stereocenters. The van der Waals surface area contributed by atoms with Crippen LogP contribution in [-0.4, -0.2) is 53.4 Å². The molecule has 1 fully saturated rings. The summed E-state index contributed by atoms with van der Waals surface area (Å²) in [5.41, 5.74) is 4.65. The zero-order chi connectivity index (χ0) is 19.8. The van der Waals surface area contributed by atoms with Gasteiger partial charge in [-0.05, 0) is 36.7 Å². The fourth-order valence-electron chi connectivity index (χ4n) is 3.52. The number of aryl methyl sites for hydroxylation is 1. The molecule has 0 atom stereocenters. The molecule has 0 aliphatic carbocycles. The molecule has 1 N–H and O–H groups in total. The van der Waals surface area contributed by atoms with Gasteiger partial charge in [-0.1, -0.05) is 48.9 Å². The van der Waals surface area contributed by atoms with Crippen molar-refractivity contribution in [2.45, 2.75) is 26.9 Å². The van der Waals surface area contributed by atoms with Crippen molar-refractivity contribution >= 4 is 23.4 Å². The lowest BCUT2D eigenvalue weighted by Gasteiger charge is -2.26. The molecule has 0 radical (unpaired) electrons. The topological polar surface area (TPSA) is 35.6 Å². The van der Waals surface area contributed by atoms with Gasteiger partial charge >= 0.3 is 0 Å². The number of benzene rings is 2. The second-order valence-corrected chi connectivity index (χ2v) is 8.65. The van der Waals surface area contributed by atoms with Crippen molar-refractivity contribution < 1.29 is 4.79 Å². The summed E-state index contributed by atoms with van der Waals surface area (Å²) in [4.78, 5) is 17.2. The van der Waals surface area contributed by atoms with E-state index in [2.05, 4.69) is 65.4 Å². The van der Waals surface area contributed by atoms with Crippen LogP contribution >= 0.6 is 11.8 Å². The summed E-state index contributed by atoms with van der Waals surface area (Å²) in [5, 5.41) is 3.08. The first-order valence-corrected chi connectivity index (χ1v) is 11.2. The van der Waals surface area contributed by atoms with Gasteiger partial charge < -0.3 is 5.32 Å². The van der Waals surface area contributed by atoms with E-state index in [1.807, 2.05) is 23.9 Å². The zero-order valence-electron chi connectivity index (χ0n) is 17.0. The summed E-state index contributed by atoms with van der Waals surface area (Å²) in [6.07, 6.45) is 0. The number of hydrogen-bond acceptors (Lipinski definition) is 4. The third-order valence-electron chi connectivity index (χ3n) is 5.02. The van der Waals surface area contributed by atoms with Crippen LogP contribution in [0.15, 0.2) is 48.5 Å². The van der Waals surface area contributed by atoms with Crippen molar-refractivity contribution in [1.82, 2.24) is 9.80 Å². The van der Waals surface area contributed by atoms with E-state index in [0.717, 1.165) is 38.4 Å². The van der Waals surface area contributed by atoms with Gasteiger partial charge in [-0.25, -0.2) is 0 Å². The minimum atomic E-state index is 0.0426. The molecule has 0 spiro atoms. The molecule has 4 nitrogen and oxygen atoms in total.